The first-order valence-corrected chi connectivity index (χ1v) is 12.7. The van der Waals surface area contributed by atoms with Gasteiger partial charge in [0.05, 0.1) is 0 Å². The maximum atomic E-state index is 2.27. The van der Waals surface area contributed by atoms with Crippen LogP contribution in [-0.2, 0) is 12.8 Å². The molecular weight excluding hydrogens is 408 g/mol. The van der Waals surface area contributed by atoms with Crippen LogP contribution < -0.4 is 0 Å². The maximum absolute atomic E-state index is 2.27. The summed E-state index contributed by atoms with van der Waals surface area (Å²) in [7, 11) is 0. The molecule has 0 aliphatic heterocycles. The molecule has 0 radical (unpaired) electrons. The zero-order valence-corrected chi connectivity index (χ0v) is 21.8. The Hall–Kier alpha value is -3.12. The number of fused-ring (bicyclic) bond motifs is 6. The fourth-order valence-corrected chi connectivity index (χ4v) is 4.10. The van der Waals surface area contributed by atoms with Crippen LogP contribution >= 0.6 is 0 Å². The highest BCUT2D eigenvalue weighted by molar-refractivity contribution is 5.95. The molecule has 0 amide bonds. The van der Waals surface area contributed by atoms with Crippen molar-refractivity contribution in [2.75, 3.05) is 0 Å². The van der Waals surface area contributed by atoms with Crippen LogP contribution in [0.2, 0.25) is 0 Å². The van der Waals surface area contributed by atoms with Gasteiger partial charge >= 0.3 is 0 Å². The van der Waals surface area contributed by atoms with Gasteiger partial charge in [0.1, 0.15) is 0 Å². The summed E-state index contributed by atoms with van der Waals surface area (Å²) < 4.78 is 0. The van der Waals surface area contributed by atoms with E-state index in [1.807, 2.05) is 0 Å². The van der Waals surface area contributed by atoms with E-state index in [0.717, 1.165) is 24.7 Å². The molecule has 34 heavy (non-hydrogen) atoms. The molecule has 4 aromatic carbocycles. The lowest BCUT2D eigenvalue weighted by molar-refractivity contribution is 0.736. The number of rotatable bonds is 0. The third kappa shape index (κ3) is 6.94. The van der Waals surface area contributed by atoms with E-state index in [-0.39, 0.29) is 0 Å². The van der Waals surface area contributed by atoms with Crippen molar-refractivity contribution in [2.24, 2.45) is 11.8 Å². The van der Waals surface area contributed by atoms with Crippen LogP contribution in [0.1, 0.15) is 63.8 Å². The van der Waals surface area contributed by atoms with Crippen LogP contribution in [0.25, 0.3) is 28.0 Å². The van der Waals surface area contributed by atoms with Crippen LogP contribution in [0.15, 0.2) is 91.0 Å². The van der Waals surface area contributed by atoms with E-state index in [2.05, 4.69) is 139 Å². The zero-order valence-electron chi connectivity index (χ0n) is 21.8. The highest BCUT2D eigenvalue weighted by Crippen LogP contribution is 2.39. The Kier molecular flexibility index (Phi) is 9.28. The van der Waals surface area contributed by atoms with E-state index in [9.17, 15) is 0 Å². The summed E-state index contributed by atoms with van der Waals surface area (Å²) in [6, 6.07) is 30.4. The molecule has 0 unspecified atom stereocenters. The number of benzene rings is 4. The smallest absolute Gasteiger partial charge is 0.000729 e. The average molecular weight is 449 g/mol. The molecule has 0 heteroatoms. The van der Waals surface area contributed by atoms with Crippen molar-refractivity contribution in [3.05, 3.63) is 113 Å². The molecule has 0 saturated carbocycles. The average Bonchev–Trinajstić information content (AvgIpc) is 3.43. The Morgan fingerprint density at radius 2 is 1.15 bits per heavy atom. The zero-order chi connectivity index (χ0) is 24.5. The number of hydrogen-bond acceptors (Lipinski definition) is 0. The molecular formula is C34H40. The lowest BCUT2D eigenvalue weighted by Crippen LogP contribution is -1.83. The van der Waals surface area contributed by atoms with E-state index >= 15 is 0 Å². The van der Waals surface area contributed by atoms with Gasteiger partial charge in [-0.3, -0.25) is 0 Å². The van der Waals surface area contributed by atoms with Crippen LogP contribution in [0.5, 0.6) is 0 Å². The van der Waals surface area contributed by atoms with Crippen molar-refractivity contribution < 1.29 is 0 Å². The molecule has 0 aromatic heterocycles. The molecule has 0 fully saturated rings. The molecule has 0 nitrogen and oxygen atoms in total. The van der Waals surface area contributed by atoms with Crippen molar-refractivity contribution >= 4 is 16.8 Å². The summed E-state index contributed by atoms with van der Waals surface area (Å²) in [6.45, 7) is 13.0. The molecule has 2 aliphatic carbocycles. The first kappa shape index (κ1) is 25.5. The van der Waals surface area contributed by atoms with Crippen LogP contribution in [0.4, 0.5) is 0 Å². The van der Waals surface area contributed by atoms with Gasteiger partial charge in [-0.2, -0.15) is 0 Å². The van der Waals surface area contributed by atoms with Gasteiger partial charge in [0, 0.05) is 0 Å². The molecule has 0 heterocycles. The topological polar surface area (TPSA) is 0 Å². The largest absolute Gasteiger partial charge is 0.0795 e. The Balaban J connectivity index is 0.000000160. The minimum absolute atomic E-state index is 0.833. The van der Waals surface area contributed by atoms with Crippen LogP contribution in [0, 0.1) is 11.8 Å². The van der Waals surface area contributed by atoms with Gasteiger partial charge in [-0.05, 0) is 68.8 Å². The molecule has 0 N–H and O–H groups in total. The minimum Gasteiger partial charge on any atom is -0.0795 e. The van der Waals surface area contributed by atoms with Crippen LogP contribution in [-0.4, -0.2) is 0 Å². The summed E-state index contributed by atoms with van der Waals surface area (Å²) in [5, 5.41) is 2.75. The standard InChI is InChI=1S/C17H12.C9H8.2C4H10/c1-3-7-14-12(5-1)9-10-16-15-8-4-2-6-13(15)11-17(14)16;1-2-5-9-7-3-6-8(9)4-1;2*1-4(2)3/h1-10H,11H2;1-6H,7H2;2*4H,1-3H3. The third-order valence-electron chi connectivity index (χ3n) is 5.41. The molecule has 4 aromatic rings. The summed E-state index contributed by atoms with van der Waals surface area (Å²) >= 11 is 0. The highest BCUT2D eigenvalue weighted by Gasteiger charge is 2.19. The van der Waals surface area contributed by atoms with Gasteiger partial charge in [0.2, 0.25) is 0 Å². The second kappa shape index (κ2) is 12.4. The molecule has 0 atom stereocenters. The second-order valence-corrected chi connectivity index (χ2v) is 10.4. The van der Waals surface area contributed by atoms with Crippen molar-refractivity contribution in [3.63, 3.8) is 0 Å². The first-order chi connectivity index (χ1) is 16.4. The number of hydrogen-bond donors (Lipinski definition) is 0. The van der Waals surface area contributed by atoms with Crippen molar-refractivity contribution in [3.8, 4) is 11.1 Å². The normalized spacial score (nSPS) is 12.0. The maximum Gasteiger partial charge on any atom is -0.000729 e. The highest BCUT2D eigenvalue weighted by atomic mass is 14.2. The quantitative estimate of drug-likeness (QED) is 0.221. The molecule has 2 aliphatic rings. The van der Waals surface area contributed by atoms with E-state index in [1.165, 1.54) is 44.2 Å². The third-order valence-corrected chi connectivity index (χ3v) is 5.41. The summed E-state index contributed by atoms with van der Waals surface area (Å²) in [6.07, 6.45) is 6.57. The lowest BCUT2D eigenvalue weighted by atomic mass is 9.99. The fourth-order valence-electron chi connectivity index (χ4n) is 4.10. The minimum atomic E-state index is 0.833. The van der Waals surface area contributed by atoms with E-state index in [4.69, 9.17) is 0 Å². The van der Waals surface area contributed by atoms with E-state index in [1.54, 1.807) is 0 Å². The SMILES string of the molecule is C1=Cc2ccccc2C1.CC(C)C.CC(C)C.c1ccc2c(c1)Cc1c-2ccc2ccccc12. The summed E-state index contributed by atoms with van der Waals surface area (Å²) in [5.41, 5.74) is 8.62. The van der Waals surface area contributed by atoms with Gasteiger partial charge in [-0.25, -0.2) is 0 Å². The Labute approximate surface area is 207 Å². The van der Waals surface area contributed by atoms with Crippen molar-refractivity contribution in [2.45, 2.75) is 54.4 Å². The van der Waals surface area contributed by atoms with E-state index in [0.29, 0.717) is 0 Å². The fraction of sp³-hybridized carbons (Fsp3) is 0.294. The lowest BCUT2D eigenvalue weighted by Gasteiger charge is -2.05. The van der Waals surface area contributed by atoms with Gasteiger partial charge in [-0.1, -0.05) is 139 Å². The van der Waals surface area contributed by atoms with Crippen LogP contribution in [0.3, 0.4) is 0 Å². The van der Waals surface area contributed by atoms with Crippen molar-refractivity contribution in [1.82, 2.24) is 0 Å². The molecule has 0 spiro atoms. The molecule has 0 saturated heterocycles. The van der Waals surface area contributed by atoms with Gasteiger partial charge in [0.25, 0.3) is 0 Å². The van der Waals surface area contributed by atoms with Gasteiger partial charge in [-0.15, -0.1) is 0 Å². The molecule has 6 rings (SSSR count). The second-order valence-electron chi connectivity index (χ2n) is 10.4. The number of allylic oxidation sites excluding steroid dienone is 1. The Morgan fingerprint density at radius 1 is 0.559 bits per heavy atom. The van der Waals surface area contributed by atoms with Gasteiger partial charge < -0.3 is 0 Å². The Bertz CT molecular complexity index is 1210. The monoisotopic (exact) mass is 448 g/mol. The first-order valence-electron chi connectivity index (χ1n) is 12.7. The summed E-state index contributed by atoms with van der Waals surface area (Å²) in [4.78, 5) is 0. The predicted molar refractivity (Wildman–Crippen MR) is 152 cm³/mol. The van der Waals surface area contributed by atoms with Crippen molar-refractivity contribution in [1.29, 1.82) is 0 Å². The molecule has 0 bridgehead atoms. The molecule has 176 valence electrons. The van der Waals surface area contributed by atoms with E-state index < -0.39 is 0 Å². The summed E-state index contributed by atoms with van der Waals surface area (Å²) in [5.74, 6) is 1.67. The Morgan fingerprint density at radius 3 is 1.85 bits per heavy atom. The van der Waals surface area contributed by atoms with Gasteiger partial charge in [0.15, 0.2) is 0 Å². The predicted octanol–water partition coefficient (Wildman–Crippen LogP) is 9.99.